The minimum absolute atomic E-state index is 0.0647. The molecule has 0 unspecified atom stereocenters. The summed E-state index contributed by atoms with van der Waals surface area (Å²) in [5.41, 5.74) is 1.92. The van der Waals surface area contributed by atoms with Gasteiger partial charge in [-0.3, -0.25) is 15.1 Å². The monoisotopic (exact) mass is 318 g/mol. The Morgan fingerprint density at radius 1 is 1.27 bits per heavy atom. The SMILES string of the molecule is CC(C)c1ccc(C=Nc2cc(Cl)c([N+](=O)[O-])cc2O)cc1. The summed E-state index contributed by atoms with van der Waals surface area (Å²) in [4.78, 5) is 14.2. The van der Waals surface area contributed by atoms with Crippen LogP contribution in [-0.4, -0.2) is 16.2 Å². The molecule has 0 aliphatic heterocycles. The highest BCUT2D eigenvalue weighted by molar-refractivity contribution is 6.33. The molecule has 1 N–H and O–H groups in total. The number of aliphatic imine (C=N–C) groups is 1. The minimum Gasteiger partial charge on any atom is -0.505 e. The third-order valence-corrected chi connectivity index (χ3v) is 3.50. The number of nitro benzene ring substituents is 1. The molecule has 0 amide bonds. The molecule has 114 valence electrons. The minimum atomic E-state index is -0.653. The Labute approximate surface area is 133 Å². The Bertz CT molecular complexity index is 725. The Morgan fingerprint density at radius 3 is 2.45 bits per heavy atom. The van der Waals surface area contributed by atoms with E-state index in [1.54, 1.807) is 6.21 Å². The van der Waals surface area contributed by atoms with Gasteiger partial charge in [-0.25, -0.2) is 0 Å². The van der Waals surface area contributed by atoms with Crippen LogP contribution in [0.1, 0.15) is 30.9 Å². The fourth-order valence-electron chi connectivity index (χ4n) is 1.89. The fourth-order valence-corrected chi connectivity index (χ4v) is 2.12. The molecule has 0 aliphatic carbocycles. The van der Waals surface area contributed by atoms with Crippen LogP contribution < -0.4 is 0 Å². The first kappa shape index (κ1) is 16.0. The summed E-state index contributed by atoms with van der Waals surface area (Å²) in [5.74, 6) is 0.162. The molecule has 0 atom stereocenters. The lowest BCUT2D eigenvalue weighted by atomic mass is 10.0. The van der Waals surface area contributed by atoms with E-state index in [0.717, 1.165) is 11.6 Å². The van der Waals surface area contributed by atoms with Crippen molar-refractivity contribution in [3.8, 4) is 5.75 Å². The molecule has 6 heteroatoms. The van der Waals surface area contributed by atoms with Crippen LogP contribution in [0.25, 0.3) is 0 Å². The van der Waals surface area contributed by atoms with E-state index in [1.807, 2.05) is 24.3 Å². The second kappa shape index (κ2) is 6.58. The van der Waals surface area contributed by atoms with Crippen molar-refractivity contribution in [2.75, 3.05) is 0 Å². The van der Waals surface area contributed by atoms with Crippen LogP contribution in [0, 0.1) is 10.1 Å². The fraction of sp³-hybridized carbons (Fsp3) is 0.188. The molecule has 0 aromatic heterocycles. The standard InChI is InChI=1S/C16H15ClN2O3/c1-10(2)12-5-3-11(4-6-12)9-18-14-7-13(17)15(19(21)22)8-16(14)20/h3-10,20H,1-2H3. The van der Waals surface area contributed by atoms with E-state index in [0.29, 0.717) is 5.92 Å². The summed E-state index contributed by atoms with van der Waals surface area (Å²) in [6.07, 6.45) is 1.57. The molecule has 2 aromatic rings. The van der Waals surface area contributed by atoms with Crippen molar-refractivity contribution < 1.29 is 10.0 Å². The summed E-state index contributed by atoms with van der Waals surface area (Å²) in [5, 5.41) is 20.4. The van der Waals surface area contributed by atoms with Crippen molar-refractivity contribution in [3.63, 3.8) is 0 Å². The Hall–Kier alpha value is -2.40. The van der Waals surface area contributed by atoms with Crippen molar-refractivity contribution in [1.29, 1.82) is 0 Å². The van der Waals surface area contributed by atoms with Gasteiger partial charge in [-0.1, -0.05) is 49.7 Å². The lowest BCUT2D eigenvalue weighted by Crippen LogP contribution is -1.89. The number of phenolic OH excluding ortho intramolecular Hbond substituents is 1. The number of nitro groups is 1. The summed E-state index contributed by atoms with van der Waals surface area (Å²) >= 11 is 5.81. The van der Waals surface area contributed by atoms with Gasteiger partial charge in [-0.15, -0.1) is 0 Å². The molecule has 22 heavy (non-hydrogen) atoms. The number of halogens is 1. The van der Waals surface area contributed by atoms with E-state index in [9.17, 15) is 15.2 Å². The van der Waals surface area contributed by atoms with E-state index in [1.165, 1.54) is 11.6 Å². The number of aromatic hydroxyl groups is 1. The predicted molar refractivity (Wildman–Crippen MR) is 87.6 cm³/mol. The smallest absolute Gasteiger partial charge is 0.291 e. The van der Waals surface area contributed by atoms with E-state index in [4.69, 9.17) is 11.6 Å². The maximum Gasteiger partial charge on any atom is 0.291 e. The summed E-state index contributed by atoms with van der Waals surface area (Å²) in [7, 11) is 0. The van der Waals surface area contributed by atoms with Crippen LogP contribution >= 0.6 is 11.6 Å². The zero-order valence-electron chi connectivity index (χ0n) is 12.2. The topological polar surface area (TPSA) is 75.7 Å². The van der Waals surface area contributed by atoms with Gasteiger partial charge in [-0.2, -0.15) is 0 Å². The van der Waals surface area contributed by atoms with Gasteiger partial charge >= 0.3 is 0 Å². The third-order valence-electron chi connectivity index (χ3n) is 3.20. The molecule has 0 saturated carbocycles. The number of hydrogen-bond donors (Lipinski definition) is 1. The van der Waals surface area contributed by atoms with Gasteiger partial charge in [0, 0.05) is 6.21 Å². The zero-order valence-corrected chi connectivity index (χ0v) is 12.9. The van der Waals surface area contributed by atoms with Gasteiger partial charge in [0.25, 0.3) is 5.69 Å². The summed E-state index contributed by atoms with van der Waals surface area (Å²) in [6.45, 7) is 4.22. The van der Waals surface area contributed by atoms with Crippen LogP contribution in [0.15, 0.2) is 41.4 Å². The molecular weight excluding hydrogens is 304 g/mol. The zero-order chi connectivity index (χ0) is 16.3. The first-order chi connectivity index (χ1) is 10.4. The van der Waals surface area contributed by atoms with Crippen molar-refractivity contribution in [2.24, 2.45) is 4.99 Å². The van der Waals surface area contributed by atoms with Crippen molar-refractivity contribution in [1.82, 2.24) is 0 Å². The van der Waals surface area contributed by atoms with E-state index < -0.39 is 4.92 Å². The molecule has 0 spiro atoms. The van der Waals surface area contributed by atoms with Crippen LogP contribution in [-0.2, 0) is 0 Å². The molecule has 0 heterocycles. The second-order valence-corrected chi connectivity index (χ2v) is 5.54. The number of hydrogen-bond acceptors (Lipinski definition) is 4. The molecule has 0 radical (unpaired) electrons. The molecule has 0 saturated heterocycles. The Balaban J connectivity index is 2.26. The lowest BCUT2D eigenvalue weighted by Gasteiger charge is -2.04. The van der Waals surface area contributed by atoms with E-state index in [2.05, 4.69) is 18.8 Å². The number of nitrogens with zero attached hydrogens (tertiary/aromatic N) is 2. The van der Waals surface area contributed by atoms with Crippen LogP contribution in [0.5, 0.6) is 5.75 Å². The van der Waals surface area contributed by atoms with Gasteiger partial charge in [0.1, 0.15) is 16.5 Å². The molecule has 2 rings (SSSR count). The van der Waals surface area contributed by atoms with Gasteiger partial charge in [0.05, 0.1) is 11.0 Å². The number of benzene rings is 2. The average Bonchev–Trinajstić information content (AvgIpc) is 2.47. The maximum atomic E-state index is 10.7. The van der Waals surface area contributed by atoms with Gasteiger partial charge in [0.2, 0.25) is 0 Å². The molecule has 0 aliphatic rings. The van der Waals surface area contributed by atoms with Gasteiger partial charge < -0.3 is 5.11 Å². The lowest BCUT2D eigenvalue weighted by molar-refractivity contribution is -0.384. The quantitative estimate of drug-likeness (QED) is 0.498. The molecule has 0 fully saturated rings. The normalized spacial score (nSPS) is 11.3. The van der Waals surface area contributed by atoms with E-state index in [-0.39, 0.29) is 22.1 Å². The van der Waals surface area contributed by atoms with Crippen molar-refractivity contribution in [2.45, 2.75) is 19.8 Å². The van der Waals surface area contributed by atoms with Gasteiger partial charge in [0.15, 0.2) is 0 Å². The third kappa shape index (κ3) is 3.62. The van der Waals surface area contributed by atoms with Crippen LogP contribution in [0.4, 0.5) is 11.4 Å². The summed E-state index contributed by atoms with van der Waals surface area (Å²) < 4.78 is 0. The molecule has 2 aromatic carbocycles. The first-order valence-electron chi connectivity index (χ1n) is 6.69. The number of rotatable bonds is 4. The van der Waals surface area contributed by atoms with Crippen molar-refractivity contribution in [3.05, 3.63) is 62.7 Å². The predicted octanol–water partition coefficient (Wildman–Crippen LogP) is 4.83. The van der Waals surface area contributed by atoms with Crippen LogP contribution in [0.3, 0.4) is 0 Å². The Morgan fingerprint density at radius 2 is 1.91 bits per heavy atom. The van der Waals surface area contributed by atoms with E-state index >= 15 is 0 Å². The van der Waals surface area contributed by atoms with Gasteiger partial charge in [-0.05, 0) is 23.1 Å². The molecule has 5 nitrogen and oxygen atoms in total. The molecular formula is C16H15ClN2O3. The largest absolute Gasteiger partial charge is 0.505 e. The van der Waals surface area contributed by atoms with Crippen molar-refractivity contribution >= 4 is 29.2 Å². The highest BCUT2D eigenvalue weighted by atomic mass is 35.5. The summed E-state index contributed by atoms with van der Waals surface area (Å²) in [6, 6.07) is 10.1. The number of phenols is 1. The van der Waals surface area contributed by atoms with Crippen LogP contribution in [0.2, 0.25) is 5.02 Å². The Kier molecular flexibility index (Phi) is 4.78. The second-order valence-electron chi connectivity index (χ2n) is 5.13. The highest BCUT2D eigenvalue weighted by Crippen LogP contribution is 2.36. The first-order valence-corrected chi connectivity index (χ1v) is 7.07. The maximum absolute atomic E-state index is 10.7. The highest BCUT2D eigenvalue weighted by Gasteiger charge is 2.16. The average molecular weight is 319 g/mol. The molecule has 0 bridgehead atoms.